The van der Waals surface area contributed by atoms with Crippen molar-refractivity contribution in [2.45, 2.75) is 25.3 Å². The SMILES string of the molecule is C=CC(=O)N1CCN(c2ccc3ncnc(Nc4ccc(Oc5ccc6c(c5)nnn6C)c(C)c4)c3n2)CC12CC2. The zero-order valence-corrected chi connectivity index (χ0v) is 22.9. The van der Waals surface area contributed by atoms with E-state index in [0.717, 1.165) is 58.8 Å². The largest absolute Gasteiger partial charge is 0.457 e. The molecular weight excluding hydrogens is 518 g/mol. The lowest BCUT2D eigenvalue weighted by Crippen LogP contribution is -2.57. The van der Waals surface area contributed by atoms with Gasteiger partial charge in [0.15, 0.2) is 5.82 Å². The van der Waals surface area contributed by atoms with Gasteiger partial charge in [0.05, 0.1) is 16.6 Å². The molecule has 1 saturated carbocycles. The zero-order valence-electron chi connectivity index (χ0n) is 22.9. The fourth-order valence-corrected chi connectivity index (χ4v) is 5.59. The minimum absolute atomic E-state index is 0.00629. The number of carbonyl (C=O) groups excluding carboxylic acids is 1. The van der Waals surface area contributed by atoms with Gasteiger partial charge in [0.25, 0.3) is 0 Å². The third kappa shape index (κ3) is 4.48. The second kappa shape index (κ2) is 9.54. The van der Waals surface area contributed by atoms with Crippen LogP contribution in [-0.2, 0) is 11.8 Å². The van der Waals surface area contributed by atoms with Gasteiger partial charge in [-0.05, 0) is 73.9 Å². The van der Waals surface area contributed by atoms with Crippen LogP contribution in [0.2, 0.25) is 0 Å². The smallest absolute Gasteiger partial charge is 0.246 e. The van der Waals surface area contributed by atoms with Crippen LogP contribution >= 0.6 is 0 Å². The monoisotopic (exact) mass is 547 g/mol. The molecule has 1 saturated heterocycles. The number of amides is 1. The Balaban J connectivity index is 1.12. The maximum Gasteiger partial charge on any atom is 0.246 e. The van der Waals surface area contributed by atoms with E-state index in [2.05, 4.69) is 37.1 Å². The van der Waals surface area contributed by atoms with Crippen molar-refractivity contribution in [2.75, 3.05) is 29.9 Å². The topological polar surface area (TPSA) is 114 Å². The van der Waals surface area contributed by atoms with E-state index in [4.69, 9.17) is 9.72 Å². The van der Waals surface area contributed by atoms with Crippen molar-refractivity contribution in [1.82, 2.24) is 34.8 Å². The molecule has 2 aliphatic rings. The first-order valence-electron chi connectivity index (χ1n) is 13.6. The fourth-order valence-electron chi connectivity index (χ4n) is 5.59. The first-order chi connectivity index (χ1) is 19.9. The maximum atomic E-state index is 12.4. The highest BCUT2D eigenvalue weighted by Crippen LogP contribution is 2.45. The number of hydrogen-bond acceptors (Lipinski definition) is 9. The molecule has 5 aromatic rings. The van der Waals surface area contributed by atoms with Gasteiger partial charge in [-0.3, -0.25) is 4.79 Å². The summed E-state index contributed by atoms with van der Waals surface area (Å²) in [6.07, 6.45) is 4.96. The number of anilines is 3. The molecule has 4 heterocycles. The summed E-state index contributed by atoms with van der Waals surface area (Å²) in [5.74, 6) is 2.93. The van der Waals surface area contributed by atoms with Gasteiger partial charge in [-0.25, -0.2) is 19.6 Å². The van der Waals surface area contributed by atoms with Gasteiger partial charge < -0.3 is 19.9 Å². The second-order valence-corrected chi connectivity index (χ2v) is 10.7. The van der Waals surface area contributed by atoms with E-state index in [9.17, 15) is 4.79 Å². The molecule has 1 N–H and O–H groups in total. The van der Waals surface area contributed by atoms with E-state index < -0.39 is 0 Å². The second-order valence-electron chi connectivity index (χ2n) is 10.7. The van der Waals surface area contributed by atoms with E-state index in [1.165, 1.54) is 12.4 Å². The summed E-state index contributed by atoms with van der Waals surface area (Å²) in [5.41, 5.74) is 4.87. The molecule has 7 rings (SSSR count). The summed E-state index contributed by atoms with van der Waals surface area (Å²) in [7, 11) is 1.86. The Labute approximate surface area is 236 Å². The maximum absolute atomic E-state index is 12.4. The molecule has 11 heteroatoms. The summed E-state index contributed by atoms with van der Waals surface area (Å²) < 4.78 is 7.89. The highest BCUT2D eigenvalue weighted by atomic mass is 16.5. The average Bonchev–Trinajstić information content (AvgIpc) is 3.65. The highest BCUT2D eigenvalue weighted by molar-refractivity contribution is 5.89. The molecule has 0 radical (unpaired) electrons. The standard InChI is InChI=1S/C30H29N9O2/c1-4-27(40)39-14-13-38(17-30(39)11-12-30)26-10-7-22-28(34-26)29(32-18-31-22)33-20-5-9-25(19(2)15-20)41-21-6-8-24-23(16-21)35-36-37(24)3/h4-10,15-16,18H,1,11-14,17H2,2-3H3,(H,31,32,33). The van der Waals surface area contributed by atoms with Gasteiger partial charge in [-0.1, -0.05) is 11.8 Å². The van der Waals surface area contributed by atoms with Gasteiger partial charge in [0.1, 0.15) is 34.7 Å². The Morgan fingerprint density at radius 3 is 2.76 bits per heavy atom. The summed E-state index contributed by atoms with van der Waals surface area (Å²) in [4.78, 5) is 30.5. The molecule has 1 spiro atoms. The predicted molar refractivity (Wildman–Crippen MR) is 156 cm³/mol. The molecular formula is C30H29N9O2. The third-order valence-electron chi connectivity index (χ3n) is 7.96. The summed E-state index contributed by atoms with van der Waals surface area (Å²) in [5, 5.41) is 11.6. The number of benzene rings is 2. The van der Waals surface area contributed by atoms with Crippen LogP contribution in [0.25, 0.3) is 22.1 Å². The number of nitrogens with one attached hydrogen (secondary N) is 1. The predicted octanol–water partition coefficient (Wildman–Crippen LogP) is 4.52. The number of piperazine rings is 1. The zero-order chi connectivity index (χ0) is 28.1. The molecule has 1 aliphatic carbocycles. The summed E-state index contributed by atoms with van der Waals surface area (Å²) >= 11 is 0. The highest BCUT2D eigenvalue weighted by Gasteiger charge is 2.52. The van der Waals surface area contributed by atoms with Gasteiger partial charge in [-0.2, -0.15) is 0 Å². The van der Waals surface area contributed by atoms with Gasteiger partial charge in [-0.15, -0.1) is 5.10 Å². The Bertz CT molecular complexity index is 1830. The molecule has 0 atom stereocenters. The van der Waals surface area contributed by atoms with Crippen molar-refractivity contribution in [2.24, 2.45) is 7.05 Å². The number of hydrogen-bond donors (Lipinski definition) is 1. The average molecular weight is 548 g/mol. The van der Waals surface area contributed by atoms with Crippen LogP contribution in [0.1, 0.15) is 18.4 Å². The number of ether oxygens (including phenoxy) is 1. The molecule has 41 heavy (non-hydrogen) atoms. The number of pyridine rings is 1. The minimum Gasteiger partial charge on any atom is -0.457 e. The van der Waals surface area contributed by atoms with Crippen LogP contribution in [0, 0.1) is 6.92 Å². The van der Waals surface area contributed by atoms with E-state index in [1.807, 2.05) is 67.4 Å². The van der Waals surface area contributed by atoms with Crippen LogP contribution in [0.3, 0.4) is 0 Å². The van der Waals surface area contributed by atoms with Crippen LogP contribution in [0.15, 0.2) is 67.5 Å². The quantitative estimate of drug-likeness (QED) is 0.307. The first kappa shape index (κ1) is 24.9. The van der Waals surface area contributed by atoms with E-state index in [-0.39, 0.29) is 11.4 Å². The van der Waals surface area contributed by atoms with Crippen molar-refractivity contribution in [3.8, 4) is 11.5 Å². The van der Waals surface area contributed by atoms with Crippen LogP contribution in [0.5, 0.6) is 11.5 Å². The number of aryl methyl sites for hydroxylation is 2. The van der Waals surface area contributed by atoms with Crippen LogP contribution in [0.4, 0.5) is 17.3 Å². The molecule has 2 fully saturated rings. The number of fused-ring (bicyclic) bond motifs is 2. The van der Waals surface area contributed by atoms with Crippen molar-refractivity contribution in [1.29, 1.82) is 0 Å². The molecule has 206 valence electrons. The lowest BCUT2D eigenvalue weighted by atomic mass is 10.1. The Kier molecular flexibility index (Phi) is 5.81. The Morgan fingerprint density at radius 2 is 1.95 bits per heavy atom. The van der Waals surface area contributed by atoms with Crippen molar-refractivity contribution in [3.05, 3.63) is 73.1 Å². The summed E-state index contributed by atoms with van der Waals surface area (Å²) in [6, 6.07) is 15.6. The lowest BCUT2D eigenvalue weighted by molar-refractivity contribution is -0.129. The van der Waals surface area contributed by atoms with Crippen LogP contribution in [-0.4, -0.2) is 65.9 Å². The molecule has 3 aromatic heterocycles. The summed E-state index contributed by atoms with van der Waals surface area (Å²) in [6.45, 7) is 7.79. The van der Waals surface area contributed by atoms with Gasteiger partial charge in [0.2, 0.25) is 5.91 Å². The first-order valence-corrected chi connectivity index (χ1v) is 13.6. The number of rotatable bonds is 6. The third-order valence-corrected chi connectivity index (χ3v) is 7.96. The molecule has 0 bridgehead atoms. The van der Waals surface area contributed by atoms with Gasteiger partial charge in [0, 0.05) is 38.4 Å². The minimum atomic E-state index is -0.115. The van der Waals surface area contributed by atoms with Crippen molar-refractivity contribution >= 4 is 45.3 Å². The molecule has 1 aliphatic heterocycles. The lowest BCUT2D eigenvalue weighted by Gasteiger charge is -2.42. The van der Waals surface area contributed by atoms with E-state index >= 15 is 0 Å². The molecule has 11 nitrogen and oxygen atoms in total. The fraction of sp³-hybridized carbons (Fsp3) is 0.267. The normalized spacial score (nSPS) is 15.9. The van der Waals surface area contributed by atoms with Crippen molar-refractivity contribution < 1.29 is 9.53 Å². The Hall–Kier alpha value is -5.06. The van der Waals surface area contributed by atoms with E-state index in [0.29, 0.717) is 30.2 Å². The molecule has 1 amide bonds. The van der Waals surface area contributed by atoms with Gasteiger partial charge >= 0.3 is 0 Å². The number of aromatic nitrogens is 6. The van der Waals surface area contributed by atoms with Crippen LogP contribution < -0.4 is 15.0 Å². The van der Waals surface area contributed by atoms with Crippen molar-refractivity contribution in [3.63, 3.8) is 0 Å². The van der Waals surface area contributed by atoms with E-state index in [1.54, 1.807) is 4.68 Å². The molecule has 2 aromatic carbocycles. The number of nitrogens with zero attached hydrogens (tertiary/aromatic N) is 8. The molecule has 0 unspecified atom stereocenters. The Morgan fingerprint density at radius 1 is 1.07 bits per heavy atom. The number of carbonyl (C=O) groups is 1.